The fourth-order valence-corrected chi connectivity index (χ4v) is 4.21. The number of hydrogen-bond acceptors (Lipinski definition) is 7. The Morgan fingerprint density at radius 1 is 1.30 bits per heavy atom. The van der Waals surface area contributed by atoms with E-state index in [1.165, 1.54) is 16.6 Å². The molecule has 2 N–H and O–H groups in total. The van der Waals surface area contributed by atoms with Crippen LogP contribution in [0.2, 0.25) is 0 Å². The highest BCUT2D eigenvalue weighted by Gasteiger charge is 2.25. The lowest BCUT2D eigenvalue weighted by atomic mass is 10.1. The zero-order valence-electron chi connectivity index (χ0n) is 17.3. The number of nitrogens with one attached hydrogen (secondary N) is 2. The van der Waals surface area contributed by atoms with E-state index in [4.69, 9.17) is 0 Å². The average molecular weight is 430 g/mol. The standard InChI is InChI=1S/C21H27N5O3S/c1-4-18(27)13-16-7-5-6-8-19(16)24-20-15(2)14-22-21(25-20)23-17-9-11-26(12-10-17)30(3,28)29/h4-8,14,17H,1,9-13H2,2-3H3,(H2,22,23,24,25). The minimum atomic E-state index is -3.15. The summed E-state index contributed by atoms with van der Waals surface area (Å²) in [7, 11) is -3.15. The summed E-state index contributed by atoms with van der Waals surface area (Å²) >= 11 is 0. The molecule has 2 aromatic rings. The zero-order chi connectivity index (χ0) is 21.7. The second-order valence-corrected chi connectivity index (χ2v) is 9.42. The second kappa shape index (κ2) is 9.36. The highest BCUT2D eigenvalue weighted by molar-refractivity contribution is 7.88. The number of hydrogen-bond donors (Lipinski definition) is 2. The Kier molecular flexibility index (Phi) is 6.84. The van der Waals surface area contributed by atoms with Crippen molar-refractivity contribution in [1.82, 2.24) is 14.3 Å². The Balaban J connectivity index is 1.71. The Labute approximate surface area is 177 Å². The molecule has 9 heteroatoms. The summed E-state index contributed by atoms with van der Waals surface area (Å²) in [5.41, 5.74) is 2.54. The quantitative estimate of drug-likeness (QED) is 0.622. The molecule has 0 radical (unpaired) electrons. The molecule has 0 atom stereocenters. The normalized spacial score (nSPS) is 15.5. The van der Waals surface area contributed by atoms with E-state index < -0.39 is 10.0 Å². The van der Waals surface area contributed by atoms with Gasteiger partial charge in [0.15, 0.2) is 5.78 Å². The van der Waals surface area contributed by atoms with Crippen molar-refractivity contribution >= 4 is 33.3 Å². The van der Waals surface area contributed by atoms with Crippen molar-refractivity contribution in [3.05, 3.63) is 54.2 Å². The van der Waals surface area contributed by atoms with Gasteiger partial charge >= 0.3 is 0 Å². The van der Waals surface area contributed by atoms with Crippen LogP contribution in [0.25, 0.3) is 0 Å². The third kappa shape index (κ3) is 5.64. The third-order valence-electron chi connectivity index (χ3n) is 5.09. The summed E-state index contributed by atoms with van der Waals surface area (Å²) in [6.07, 6.45) is 5.95. The maximum atomic E-state index is 11.8. The predicted molar refractivity (Wildman–Crippen MR) is 118 cm³/mol. The van der Waals surface area contributed by atoms with Gasteiger partial charge in [0, 0.05) is 43.0 Å². The van der Waals surface area contributed by atoms with Crippen molar-refractivity contribution in [2.45, 2.75) is 32.2 Å². The molecule has 30 heavy (non-hydrogen) atoms. The zero-order valence-corrected chi connectivity index (χ0v) is 18.1. The van der Waals surface area contributed by atoms with E-state index in [1.807, 2.05) is 31.2 Å². The van der Waals surface area contributed by atoms with E-state index in [9.17, 15) is 13.2 Å². The summed E-state index contributed by atoms with van der Waals surface area (Å²) in [5.74, 6) is 1.09. The monoisotopic (exact) mass is 429 g/mol. The van der Waals surface area contributed by atoms with Crippen LogP contribution in [0.1, 0.15) is 24.0 Å². The van der Waals surface area contributed by atoms with Gasteiger partial charge in [-0.2, -0.15) is 4.98 Å². The summed E-state index contributed by atoms with van der Waals surface area (Å²) in [5, 5.41) is 6.62. The van der Waals surface area contributed by atoms with Gasteiger partial charge in [0.05, 0.1) is 6.26 Å². The van der Waals surface area contributed by atoms with Crippen molar-refractivity contribution in [2.24, 2.45) is 0 Å². The fraction of sp³-hybridized carbons (Fsp3) is 0.381. The van der Waals surface area contributed by atoms with Crippen LogP contribution in [-0.2, 0) is 21.2 Å². The molecular weight excluding hydrogens is 402 g/mol. The van der Waals surface area contributed by atoms with E-state index in [-0.39, 0.29) is 18.2 Å². The largest absolute Gasteiger partial charge is 0.351 e. The van der Waals surface area contributed by atoms with Crippen LogP contribution in [0.5, 0.6) is 0 Å². The molecule has 1 fully saturated rings. The van der Waals surface area contributed by atoms with Crippen LogP contribution in [0.4, 0.5) is 17.5 Å². The molecule has 1 aromatic heterocycles. The van der Waals surface area contributed by atoms with Gasteiger partial charge in [-0.15, -0.1) is 0 Å². The number of anilines is 3. The lowest BCUT2D eigenvalue weighted by Gasteiger charge is -2.30. The number of aryl methyl sites for hydroxylation is 1. The van der Waals surface area contributed by atoms with Crippen molar-refractivity contribution in [1.29, 1.82) is 0 Å². The SMILES string of the molecule is C=CC(=O)Cc1ccccc1Nc1nc(NC2CCN(S(C)(=O)=O)CC2)ncc1C. The van der Waals surface area contributed by atoms with Gasteiger partial charge in [0.1, 0.15) is 5.82 Å². The second-order valence-electron chi connectivity index (χ2n) is 7.44. The molecule has 1 aliphatic rings. The summed E-state index contributed by atoms with van der Waals surface area (Å²) in [4.78, 5) is 20.8. The van der Waals surface area contributed by atoms with Crippen LogP contribution in [0.15, 0.2) is 43.1 Å². The number of rotatable bonds is 8. The van der Waals surface area contributed by atoms with Crippen molar-refractivity contribution in [3.63, 3.8) is 0 Å². The van der Waals surface area contributed by atoms with Crippen LogP contribution >= 0.6 is 0 Å². The molecule has 0 amide bonds. The molecule has 2 heterocycles. The molecule has 0 bridgehead atoms. The Hall–Kier alpha value is -2.78. The number of aromatic nitrogens is 2. The number of nitrogens with zero attached hydrogens (tertiary/aromatic N) is 3. The Morgan fingerprint density at radius 2 is 2.00 bits per heavy atom. The van der Waals surface area contributed by atoms with E-state index in [0.29, 0.717) is 37.7 Å². The Bertz CT molecular complexity index is 1030. The summed E-state index contributed by atoms with van der Waals surface area (Å²) in [6, 6.07) is 7.70. The van der Waals surface area contributed by atoms with Gasteiger partial charge in [-0.25, -0.2) is 17.7 Å². The van der Waals surface area contributed by atoms with E-state index in [1.54, 1.807) is 6.20 Å². The van der Waals surface area contributed by atoms with Gasteiger partial charge in [0.2, 0.25) is 16.0 Å². The van der Waals surface area contributed by atoms with Crippen LogP contribution in [0, 0.1) is 6.92 Å². The maximum absolute atomic E-state index is 11.8. The van der Waals surface area contributed by atoms with Crippen molar-refractivity contribution in [3.8, 4) is 0 Å². The smallest absolute Gasteiger partial charge is 0.224 e. The first kappa shape index (κ1) is 21.9. The minimum absolute atomic E-state index is 0.0496. The number of piperidine rings is 1. The first-order chi connectivity index (χ1) is 14.3. The molecule has 0 aliphatic carbocycles. The van der Waals surface area contributed by atoms with Gasteiger partial charge in [-0.1, -0.05) is 24.8 Å². The Morgan fingerprint density at radius 3 is 2.67 bits per heavy atom. The van der Waals surface area contributed by atoms with E-state index in [0.717, 1.165) is 16.8 Å². The molecule has 0 saturated carbocycles. The predicted octanol–water partition coefficient (Wildman–Crippen LogP) is 2.66. The molecule has 3 rings (SSSR count). The van der Waals surface area contributed by atoms with E-state index >= 15 is 0 Å². The minimum Gasteiger partial charge on any atom is -0.351 e. The molecule has 0 spiro atoms. The van der Waals surface area contributed by atoms with Crippen molar-refractivity contribution in [2.75, 3.05) is 30.0 Å². The van der Waals surface area contributed by atoms with Gasteiger partial charge < -0.3 is 10.6 Å². The third-order valence-corrected chi connectivity index (χ3v) is 6.39. The maximum Gasteiger partial charge on any atom is 0.224 e. The van der Waals surface area contributed by atoms with Crippen LogP contribution in [0.3, 0.4) is 0 Å². The van der Waals surface area contributed by atoms with Gasteiger partial charge in [-0.3, -0.25) is 4.79 Å². The number of carbonyl (C=O) groups excluding carboxylic acids is 1. The highest BCUT2D eigenvalue weighted by Crippen LogP contribution is 2.24. The average Bonchev–Trinajstić information content (AvgIpc) is 2.71. The van der Waals surface area contributed by atoms with E-state index in [2.05, 4.69) is 27.2 Å². The molecular formula is C21H27N5O3S. The number of para-hydroxylation sites is 1. The number of sulfonamides is 1. The van der Waals surface area contributed by atoms with Crippen LogP contribution < -0.4 is 10.6 Å². The number of carbonyl (C=O) groups is 1. The number of benzene rings is 1. The molecule has 0 unspecified atom stereocenters. The molecule has 8 nitrogen and oxygen atoms in total. The summed E-state index contributed by atoms with van der Waals surface area (Å²) in [6.45, 7) is 6.41. The first-order valence-electron chi connectivity index (χ1n) is 9.81. The lowest BCUT2D eigenvalue weighted by Crippen LogP contribution is -2.42. The molecule has 1 aromatic carbocycles. The fourth-order valence-electron chi connectivity index (χ4n) is 3.34. The van der Waals surface area contributed by atoms with Crippen molar-refractivity contribution < 1.29 is 13.2 Å². The molecule has 1 aliphatic heterocycles. The molecule has 1 saturated heterocycles. The molecule has 160 valence electrons. The first-order valence-corrected chi connectivity index (χ1v) is 11.7. The van der Waals surface area contributed by atoms with Crippen LogP contribution in [-0.4, -0.2) is 53.9 Å². The number of allylic oxidation sites excluding steroid dienone is 1. The van der Waals surface area contributed by atoms with Gasteiger partial charge in [0.25, 0.3) is 0 Å². The number of ketones is 1. The van der Waals surface area contributed by atoms with Gasteiger partial charge in [-0.05, 0) is 37.5 Å². The highest BCUT2D eigenvalue weighted by atomic mass is 32.2. The lowest BCUT2D eigenvalue weighted by molar-refractivity contribution is -0.114. The summed E-state index contributed by atoms with van der Waals surface area (Å²) < 4.78 is 24.8. The topological polar surface area (TPSA) is 104 Å².